The van der Waals surface area contributed by atoms with Crippen LogP contribution in [0.3, 0.4) is 0 Å². The summed E-state index contributed by atoms with van der Waals surface area (Å²) in [6.07, 6.45) is 4.70. The number of nitrogens with zero attached hydrogens (tertiary/aromatic N) is 1. The second-order valence-corrected chi connectivity index (χ2v) is 7.13. The molecule has 0 unspecified atom stereocenters. The van der Waals surface area contributed by atoms with Gasteiger partial charge < -0.3 is 15.4 Å². The highest BCUT2D eigenvalue weighted by molar-refractivity contribution is 7.98. The summed E-state index contributed by atoms with van der Waals surface area (Å²) in [4.78, 5) is 15.4. The Balaban J connectivity index is 1.97. The average Bonchev–Trinajstić information content (AvgIpc) is 2.55. The maximum atomic E-state index is 12.7. The minimum absolute atomic E-state index is 0.0395. The summed E-state index contributed by atoms with van der Waals surface area (Å²) in [6.45, 7) is 2.69. The lowest BCUT2D eigenvalue weighted by Crippen LogP contribution is -2.41. The first-order chi connectivity index (χ1) is 11.1. The number of hydrogen-bond donors (Lipinski definition) is 1. The van der Waals surface area contributed by atoms with E-state index in [9.17, 15) is 4.79 Å². The Kier molecular flexibility index (Phi) is 7.50. The lowest BCUT2D eigenvalue weighted by molar-refractivity contribution is 0.00844. The number of carbonyl (C=O) groups is 1. The monoisotopic (exact) mass is 376 g/mol. The van der Waals surface area contributed by atoms with Crippen molar-refractivity contribution < 1.29 is 9.53 Å². The predicted molar refractivity (Wildman–Crippen MR) is 96.8 cm³/mol. The van der Waals surface area contributed by atoms with Gasteiger partial charge in [0.25, 0.3) is 5.91 Å². The summed E-state index contributed by atoms with van der Waals surface area (Å²) in [7, 11) is 0. The van der Waals surface area contributed by atoms with Gasteiger partial charge in [-0.15, -0.1) is 11.8 Å². The van der Waals surface area contributed by atoms with Crippen molar-refractivity contribution in [2.24, 2.45) is 5.73 Å². The molecule has 0 aliphatic carbocycles. The van der Waals surface area contributed by atoms with E-state index in [2.05, 4.69) is 0 Å². The molecule has 1 amide bonds. The Morgan fingerprint density at radius 2 is 2.04 bits per heavy atom. The maximum absolute atomic E-state index is 12.7. The molecule has 1 aliphatic heterocycles. The number of ether oxygens (including phenoxy) is 1. The van der Waals surface area contributed by atoms with Crippen LogP contribution in [0.25, 0.3) is 0 Å². The Hall–Kier alpha value is -0.460. The van der Waals surface area contributed by atoms with Gasteiger partial charge in [-0.25, -0.2) is 0 Å². The zero-order chi connectivity index (χ0) is 16.8. The molecule has 1 aliphatic rings. The fourth-order valence-corrected chi connectivity index (χ4v) is 3.76. The number of nitrogens with two attached hydrogens (primary N) is 1. The molecule has 7 heteroatoms. The van der Waals surface area contributed by atoms with Gasteiger partial charge in [0.1, 0.15) is 0 Å². The molecule has 0 atom stereocenters. The van der Waals surface area contributed by atoms with E-state index in [0.717, 1.165) is 24.2 Å². The number of thioether (sulfide) groups is 1. The minimum Gasteiger partial charge on any atom is -0.378 e. The number of likely N-dealkylation sites (tertiary alicyclic amines) is 1. The molecule has 0 aromatic heterocycles. The molecule has 0 radical (unpaired) electrons. The third kappa shape index (κ3) is 5.00. The highest BCUT2D eigenvalue weighted by Gasteiger charge is 2.25. The molecular weight excluding hydrogens is 355 g/mol. The number of hydrogen-bond acceptors (Lipinski definition) is 4. The lowest BCUT2D eigenvalue weighted by Gasteiger charge is -2.32. The standard InChI is InChI=1S/C16H22Cl2N2O2S/c1-23-15-9-12(13(17)10-14(15)18)16(21)20-6-3-11(4-7-20)22-8-2-5-19/h9-11H,2-8,19H2,1H3. The molecule has 1 aromatic carbocycles. The van der Waals surface area contributed by atoms with Gasteiger partial charge in [0.2, 0.25) is 0 Å². The third-order valence-electron chi connectivity index (χ3n) is 3.90. The number of carbonyl (C=O) groups excluding carboxylic acids is 1. The van der Waals surface area contributed by atoms with Gasteiger partial charge in [-0.3, -0.25) is 4.79 Å². The predicted octanol–water partition coefficient (Wildman–Crippen LogP) is 3.69. The van der Waals surface area contributed by atoms with E-state index in [-0.39, 0.29) is 12.0 Å². The smallest absolute Gasteiger partial charge is 0.255 e. The van der Waals surface area contributed by atoms with Crippen LogP contribution >= 0.6 is 35.0 Å². The number of amides is 1. The highest BCUT2D eigenvalue weighted by atomic mass is 35.5. The van der Waals surface area contributed by atoms with Crippen molar-refractivity contribution in [3.8, 4) is 0 Å². The van der Waals surface area contributed by atoms with E-state index in [1.165, 1.54) is 11.8 Å². The van der Waals surface area contributed by atoms with Crippen LogP contribution in [0.5, 0.6) is 0 Å². The molecule has 1 aromatic rings. The number of rotatable bonds is 6. The molecule has 0 saturated carbocycles. The molecule has 128 valence electrons. The van der Waals surface area contributed by atoms with Crippen molar-refractivity contribution in [3.63, 3.8) is 0 Å². The second kappa shape index (κ2) is 9.14. The largest absolute Gasteiger partial charge is 0.378 e. The number of benzene rings is 1. The number of piperidine rings is 1. The summed E-state index contributed by atoms with van der Waals surface area (Å²) < 4.78 is 5.77. The fourth-order valence-electron chi connectivity index (χ4n) is 2.58. The van der Waals surface area contributed by atoms with Crippen molar-refractivity contribution in [1.82, 2.24) is 4.90 Å². The van der Waals surface area contributed by atoms with E-state index in [1.54, 1.807) is 12.1 Å². The van der Waals surface area contributed by atoms with Gasteiger partial charge in [0, 0.05) is 24.6 Å². The van der Waals surface area contributed by atoms with Crippen LogP contribution in [0.15, 0.2) is 17.0 Å². The molecule has 1 fully saturated rings. The van der Waals surface area contributed by atoms with E-state index >= 15 is 0 Å². The van der Waals surface area contributed by atoms with Gasteiger partial charge in [-0.1, -0.05) is 23.2 Å². The third-order valence-corrected chi connectivity index (χ3v) is 5.42. The summed E-state index contributed by atoms with van der Waals surface area (Å²) in [6, 6.07) is 3.42. The van der Waals surface area contributed by atoms with Gasteiger partial charge in [0.15, 0.2) is 0 Å². The van der Waals surface area contributed by atoms with Crippen molar-refractivity contribution in [2.75, 3.05) is 32.5 Å². The Morgan fingerprint density at radius 1 is 1.35 bits per heavy atom. The van der Waals surface area contributed by atoms with Crippen molar-refractivity contribution in [3.05, 3.63) is 27.7 Å². The van der Waals surface area contributed by atoms with E-state index in [4.69, 9.17) is 33.7 Å². The summed E-state index contributed by atoms with van der Waals surface area (Å²) in [5.41, 5.74) is 5.98. The normalized spacial score (nSPS) is 15.9. The van der Waals surface area contributed by atoms with Crippen LogP contribution in [0.1, 0.15) is 29.6 Å². The minimum atomic E-state index is -0.0395. The summed E-state index contributed by atoms with van der Waals surface area (Å²) in [5, 5.41) is 0.977. The quantitative estimate of drug-likeness (QED) is 0.607. The second-order valence-electron chi connectivity index (χ2n) is 5.47. The van der Waals surface area contributed by atoms with Gasteiger partial charge in [0.05, 0.1) is 21.7 Å². The van der Waals surface area contributed by atoms with Gasteiger partial charge in [-0.2, -0.15) is 0 Å². The van der Waals surface area contributed by atoms with Crippen LogP contribution < -0.4 is 5.73 Å². The first kappa shape index (κ1) is 18.9. The Morgan fingerprint density at radius 3 is 2.65 bits per heavy atom. The summed E-state index contributed by atoms with van der Waals surface area (Å²) in [5.74, 6) is -0.0395. The number of halogens is 2. The highest BCUT2D eigenvalue weighted by Crippen LogP contribution is 2.32. The van der Waals surface area contributed by atoms with Crippen molar-refractivity contribution in [1.29, 1.82) is 0 Å². The molecule has 1 heterocycles. The molecule has 2 N–H and O–H groups in total. The SMILES string of the molecule is CSc1cc(C(=O)N2CCC(OCCCN)CC2)c(Cl)cc1Cl. The first-order valence-corrected chi connectivity index (χ1v) is 9.69. The summed E-state index contributed by atoms with van der Waals surface area (Å²) >= 11 is 13.8. The molecule has 0 spiro atoms. The zero-order valence-electron chi connectivity index (χ0n) is 13.2. The molecule has 23 heavy (non-hydrogen) atoms. The topological polar surface area (TPSA) is 55.6 Å². The molecule has 1 saturated heterocycles. The van der Waals surface area contributed by atoms with Gasteiger partial charge in [-0.05, 0) is 44.2 Å². The van der Waals surface area contributed by atoms with E-state index < -0.39 is 0 Å². The molecule has 2 rings (SSSR count). The molecular formula is C16H22Cl2N2O2S. The van der Waals surface area contributed by atoms with Gasteiger partial charge >= 0.3 is 0 Å². The fraction of sp³-hybridized carbons (Fsp3) is 0.562. The van der Waals surface area contributed by atoms with Crippen LogP contribution in [0, 0.1) is 0 Å². The Bertz CT molecular complexity index is 549. The van der Waals surface area contributed by atoms with E-state index in [1.807, 2.05) is 11.2 Å². The first-order valence-electron chi connectivity index (χ1n) is 7.70. The zero-order valence-corrected chi connectivity index (χ0v) is 15.5. The van der Waals surface area contributed by atoms with E-state index in [0.29, 0.717) is 41.8 Å². The molecule has 4 nitrogen and oxygen atoms in total. The molecule has 0 bridgehead atoms. The van der Waals surface area contributed by atoms with Crippen LogP contribution in [-0.4, -0.2) is 49.4 Å². The van der Waals surface area contributed by atoms with Crippen LogP contribution in [-0.2, 0) is 4.74 Å². The Labute approximate surface area is 151 Å². The van der Waals surface area contributed by atoms with Crippen molar-refractivity contribution >= 4 is 40.9 Å². The average molecular weight is 377 g/mol. The van der Waals surface area contributed by atoms with Crippen molar-refractivity contribution in [2.45, 2.75) is 30.3 Å². The van der Waals surface area contributed by atoms with Crippen LogP contribution in [0.4, 0.5) is 0 Å². The maximum Gasteiger partial charge on any atom is 0.255 e. The lowest BCUT2D eigenvalue weighted by atomic mass is 10.1. The van der Waals surface area contributed by atoms with Crippen LogP contribution in [0.2, 0.25) is 10.0 Å².